The molecule has 1 heterocycles. The summed E-state index contributed by atoms with van der Waals surface area (Å²) >= 11 is 0. The van der Waals surface area contributed by atoms with Crippen molar-refractivity contribution in [3.63, 3.8) is 0 Å². The van der Waals surface area contributed by atoms with E-state index in [1.807, 2.05) is 30.5 Å². The Morgan fingerprint density at radius 2 is 1.58 bits per heavy atom. The van der Waals surface area contributed by atoms with E-state index < -0.39 is 0 Å². The smallest absolute Gasteiger partial charge is 0.0701 e. The molecule has 0 radical (unpaired) electrons. The summed E-state index contributed by atoms with van der Waals surface area (Å²) in [6, 6.07) is 12.1. The first-order valence-electron chi connectivity index (χ1n) is 3.26. The van der Waals surface area contributed by atoms with Gasteiger partial charge in [0.2, 0.25) is 0 Å². The zero-order chi connectivity index (χ0) is 6.81. The molecule has 0 N–H and O–H groups in total. The van der Waals surface area contributed by atoms with Gasteiger partial charge in [-0.05, 0) is 12.1 Å². The van der Waals surface area contributed by atoms with Crippen LogP contribution >= 0.6 is 36.4 Å². The maximum absolute atomic E-state index is 4.18. The van der Waals surface area contributed by atoms with E-state index in [9.17, 15) is 0 Å². The quantitative estimate of drug-likeness (QED) is 0.679. The lowest BCUT2D eigenvalue weighted by atomic mass is 10.2. The molecule has 0 saturated carbocycles. The molecule has 0 aliphatic heterocycles. The Bertz CT molecular complexity index is 286. The molecule has 0 bridgehead atoms. The number of pyridine rings is 1. The Hall–Kier alpha value is -0.350. The number of nitrogens with zero attached hydrogens (tertiary/aromatic N) is 1. The second-order valence-electron chi connectivity index (χ2n) is 2.20. The van der Waals surface area contributed by atoms with Crippen LogP contribution in [0.4, 0.5) is 0 Å². The Balaban J connectivity index is 0.000000605. The molecule has 0 aliphatic carbocycles. The van der Waals surface area contributed by atoms with Crippen molar-refractivity contribution in [1.82, 2.24) is 4.98 Å². The van der Waals surface area contributed by atoms with Crippen LogP contribution in [0, 0.1) is 0 Å². The highest BCUT2D eigenvalue weighted by Gasteiger charge is 1.86. The minimum Gasteiger partial charge on any atom is -0.256 e. The van der Waals surface area contributed by atoms with Crippen molar-refractivity contribution < 1.29 is 0 Å². The number of hydrogen-bond acceptors (Lipinski definition) is 1. The summed E-state index contributed by atoms with van der Waals surface area (Å²) < 4.78 is 0. The van der Waals surface area contributed by atoms with E-state index in [0.717, 1.165) is 5.52 Å². The first-order chi connectivity index (χ1) is 4.97. The molecule has 0 aliphatic rings. The van der Waals surface area contributed by atoms with Crippen LogP contribution in [-0.4, -0.2) is 4.98 Å². The minimum absolute atomic E-state index is 0. The van der Waals surface area contributed by atoms with Crippen molar-refractivity contribution >= 4 is 47.3 Å². The van der Waals surface area contributed by atoms with Crippen molar-refractivity contribution in [3.05, 3.63) is 42.6 Å². The number of para-hydroxylation sites is 1. The summed E-state index contributed by atoms with van der Waals surface area (Å²) in [6.07, 6.45) is 1.81. The van der Waals surface area contributed by atoms with Crippen molar-refractivity contribution in [1.29, 1.82) is 0 Å². The minimum atomic E-state index is 0. The highest BCUT2D eigenvalue weighted by Crippen LogP contribution is 2.07. The van der Waals surface area contributed by atoms with Crippen LogP contribution in [0.2, 0.25) is 0 Å². The lowest BCUT2D eigenvalue weighted by molar-refractivity contribution is 1.41. The average molecular weight is 294 g/mol. The highest BCUT2D eigenvalue weighted by atomic mass is 127. The van der Waals surface area contributed by atoms with Gasteiger partial charge in [0.25, 0.3) is 0 Å². The number of hydrogen-bond donors (Lipinski definition) is 0. The molecule has 0 amide bonds. The molecule has 1 aromatic carbocycles. The Labute approximate surface area is 94.6 Å². The normalized spacial score (nSPS) is 8.33. The lowest BCUT2D eigenvalue weighted by Crippen LogP contribution is -1.73. The first-order valence-corrected chi connectivity index (χ1v) is 3.26. The Morgan fingerprint density at radius 3 is 2.33 bits per heavy atom. The molecule has 12 heavy (non-hydrogen) atoms. The van der Waals surface area contributed by atoms with Crippen LogP contribution in [0.15, 0.2) is 42.6 Å². The lowest BCUT2D eigenvalue weighted by Gasteiger charge is -1.91. The van der Waals surface area contributed by atoms with Crippen molar-refractivity contribution in [2.45, 2.75) is 0 Å². The average Bonchev–Trinajstić information content (AvgIpc) is 2.05. The van der Waals surface area contributed by atoms with E-state index >= 15 is 0 Å². The Morgan fingerprint density at radius 1 is 0.917 bits per heavy atom. The van der Waals surface area contributed by atoms with E-state index in [4.69, 9.17) is 0 Å². The second-order valence-corrected chi connectivity index (χ2v) is 2.20. The number of halogens is 2. The van der Waals surface area contributed by atoms with Crippen LogP contribution < -0.4 is 0 Å². The van der Waals surface area contributed by atoms with Crippen molar-refractivity contribution in [2.75, 3.05) is 0 Å². The first kappa shape index (κ1) is 11.6. The highest BCUT2D eigenvalue weighted by molar-refractivity contribution is 14.0. The van der Waals surface area contributed by atoms with Gasteiger partial charge in [-0.3, -0.25) is 4.98 Å². The zero-order valence-corrected chi connectivity index (χ0v) is 9.45. The number of fused-ring (bicyclic) bond motifs is 1. The summed E-state index contributed by atoms with van der Waals surface area (Å²) in [7, 11) is 0. The molecule has 0 unspecified atom stereocenters. The number of rotatable bonds is 0. The second kappa shape index (κ2) is 5.32. The van der Waals surface area contributed by atoms with Crippen LogP contribution in [0.5, 0.6) is 0 Å². The maximum Gasteiger partial charge on any atom is 0.0701 e. The molecule has 0 fully saturated rings. The van der Waals surface area contributed by atoms with Gasteiger partial charge < -0.3 is 0 Å². The third-order valence-corrected chi connectivity index (χ3v) is 1.51. The van der Waals surface area contributed by atoms with Crippen LogP contribution in [0.1, 0.15) is 0 Å². The molecule has 0 atom stereocenters. The molecule has 2 rings (SSSR count). The molecule has 1 nitrogen and oxygen atoms in total. The summed E-state index contributed by atoms with van der Waals surface area (Å²) in [5.41, 5.74) is 1.06. The third kappa shape index (κ3) is 2.32. The standard InChI is InChI=1S/C9H7N.ClH.HI/c1-2-6-9-8(4-1)5-3-7-10-9;;/h1-7H;2*1H. The van der Waals surface area contributed by atoms with Crippen molar-refractivity contribution in [3.8, 4) is 0 Å². The molecule has 1 aromatic heterocycles. The molecular weight excluding hydrogens is 284 g/mol. The molecule has 64 valence electrons. The van der Waals surface area contributed by atoms with Crippen molar-refractivity contribution in [2.24, 2.45) is 0 Å². The van der Waals surface area contributed by atoms with E-state index in [0.29, 0.717) is 0 Å². The van der Waals surface area contributed by atoms with Crippen LogP contribution in [-0.2, 0) is 0 Å². The number of aromatic nitrogens is 1. The predicted molar refractivity (Wildman–Crippen MR) is 64.4 cm³/mol. The third-order valence-electron chi connectivity index (χ3n) is 1.51. The van der Waals surface area contributed by atoms with Crippen LogP contribution in [0.25, 0.3) is 10.9 Å². The monoisotopic (exact) mass is 293 g/mol. The van der Waals surface area contributed by atoms with Gasteiger partial charge in [0.1, 0.15) is 0 Å². The summed E-state index contributed by atoms with van der Waals surface area (Å²) in [5, 5.41) is 1.20. The zero-order valence-electron chi connectivity index (χ0n) is 6.31. The predicted octanol–water partition coefficient (Wildman–Crippen LogP) is 3.27. The molecule has 2 aromatic rings. The van der Waals surface area contributed by atoms with E-state index in [-0.39, 0.29) is 36.4 Å². The summed E-state index contributed by atoms with van der Waals surface area (Å²) in [5.74, 6) is 0. The molecule has 3 heteroatoms. The number of benzene rings is 1. The molecule has 0 saturated heterocycles. The topological polar surface area (TPSA) is 12.9 Å². The van der Waals surface area contributed by atoms with E-state index in [2.05, 4.69) is 17.1 Å². The fourth-order valence-electron chi connectivity index (χ4n) is 1.02. The molecule has 0 spiro atoms. The summed E-state index contributed by atoms with van der Waals surface area (Å²) in [6.45, 7) is 0. The van der Waals surface area contributed by atoms with Gasteiger partial charge >= 0.3 is 0 Å². The van der Waals surface area contributed by atoms with Crippen LogP contribution in [0.3, 0.4) is 0 Å². The van der Waals surface area contributed by atoms with Gasteiger partial charge in [0, 0.05) is 11.6 Å². The fourth-order valence-corrected chi connectivity index (χ4v) is 1.02. The van der Waals surface area contributed by atoms with Gasteiger partial charge in [-0.25, -0.2) is 0 Å². The fraction of sp³-hybridized carbons (Fsp3) is 0. The van der Waals surface area contributed by atoms with E-state index in [1.54, 1.807) is 0 Å². The van der Waals surface area contributed by atoms with Gasteiger partial charge in [0.05, 0.1) is 5.52 Å². The van der Waals surface area contributed by atoms with Gasteiger partial charge in [-0.2, -0.15) is 0 Å². The van der Waals surface area contributed by atoms with Gasteiger partial charge in [-0.15, -0.1) is 36.4 Å². The van der Waals surface area contributed by atoms with Gasteiger partial charge in [-0.1, -0.05) is 24.3 Å². The largest absolute Gasteiger partial charge is 0.256 e. The molecular formula is C9H9ClIN. The van der Waals surface area contributed by atoms with E-state index in [1.165, 1.54) is 5.39 Å². The Kier molecular flexibility index (Phi) is 5.17. The summed E-state index contributed by atoms with van der Waals surface area (Å²) in [4.78, 5) is 4.18. The van der Waals surface area contributed by atoms with Gasteiger partial charge in [0.15, 0.2) is 0 Å². The SMILES string of the molecule is Cl.I.c1ccc2ncccc2c1. The maximum atomic E-state index is 4.18.